The van der Waals surface area contributed by atoms with E-state index >= 15 is 0 Å². The molecule has 3 aromatic rings. The van der Waals surface area contributed by atoms with Crippen molar-refractivity contribution in [3.8, 4) is 11.8 Å². The van der Waals surface area contributed by atoms with Crippen LogP contribution in [0.4, 0.5) is 14.5 Å². The molecule has 19 heteroatoms. The number of nitrogens with one attached hydrogen (secondary N) is 3. The number of piperidine rings is 2. The first-order valence-electron chi connectivity index (χ1n) is 23.4. The van der Waals surface area contributed by atoms with Crippen LogP contribution >= 0.6 is 0 Å². The third-order valence-corrected chi connectivity index (χ3v) is 13.9. The standard InChI is InChI=1S/C49H60F2N12O5/c1-31(64)61-19-14-39(38(29-61)47(53)62-16-5-7-33-25-36(34(27-52)28-54-2)37(46(50)51)26-42(33)62)55-35-12-17-60(18-13-35)45(66)30-59-22-20-58(21-23-59)15-4-6-32-8-9-40-43(24-32)57(3)49(68)63(40)41-10-11-44(65)56-48(41)67/h8-9,24-28,35,41,46,53,55H,5,7,10-23,29-30,52H2,1-3H3,(H,56,65,67). The third-order valence-electron chi connectivity index (χ3n) is 13.9. The molecule has 5 N–H and O–H groups in total. The summed E-state index contributed by atoms with van der Waals surface area (Å²) < 4.78 is 32.1. The molecule has 8 rings (SSSR count). The van der Waals surface area contributed by atoms with Gasteiger partial charge in [0.05, 0.1) is 30.7 Å². The minimum atomic E-state index is -2.78. The number of nitrogens with zero attached hydrogens (tertiary/aromatic N) is 8. The van der Waals surface area contributed by atoms with Gasteiger partial charge in [0.15, 0.2) is 0 Å². The Labute approximate surface area is 394 Å². The molecular weight excluding hydrogens is 875 g/mol. The highest BCUT2D eigenvalue weighted by Crippen LogP contribution is 2.38. The SMILES string of the molecule is CN=CC(=CN)c1cc2c(cc1C(F)F)N(C(=N)C1=C(NC3CCN(C(=O)CN4CCN(CC#Cc5ccc6c(c5)n(C)c(=O)n6C5CCC(=O)NC5=O)CC4)CC3)CCN(C(C)=O)C1)CCC2. The summed E-state index contributed by atoms with van der Waals surface area (Å²) in [6, 6.07) is 8.00. The van der Waals surface area contributed by atoms with Crippen molar-refractivity contribution < 1.29 is 28.0 Å². The van der Waals surface area contributed by atoms with Crippen molar-refractivity contribution in [2.75, 3.05) is 83.9 Å². The normalized spacial score (nSPS) is 20.2. The van der Waals surface area contributed by atoms with Crippen LogP contribution in [0.5, 0.6) is 0 Å². The maximum Gasteiger partial charge on any atom is 0.329 e. The monoisotopic (exact) mass is 934 g/mol. The lowest BCUT2D eigenvalue weighted by Gasteiger charge is -2.39. The number of benzene rings is 2. The Balaban J connectivity index is 0.844. The van der Waals surface area contributed by atoms with Gasteiger partial charge in [0.25, 0.3) is 6.43 Å². The van der Waals surface area contributed by atoms with E-state index in [1.165, 1.54) is 34.5 Å². The number of aromatic nitrogens is 2. The van der Waals surface area contributed by atoms with Crippen LogP contribution in [-0.2, 0) is 32.6 Å². The predicted octanol–water partition coefficient (Wildman–Crippen LogP) is 2.74. The summed E-state index contributed by atoms with van der Waals surface area (Å²) in [5.41, 5.74) is 11.0. The number of hydrogen-bond acceptors (Lipinski definition) is 11. The lowest BCUT2D eigenvalue weighted by Crippen LogP contribution is -2.52. The van der Waals surface area contributed by atoms with Crippen LogP contribution in [-0.4, -0.2) is 149 Å². The van der Waals surface area contributed by atoms with Crippen molar-refractivity contribution in [1.29, 1.82) is 5.41 Å². The van der Waals surface area contributed by atoms with Gasteiger partial charge in [-0.3, -0.25) is 53.8 Å². The highest BCUT2D eigenvalue weighted by Gasteiger charge is 2.34. The van der Waals surface area contributed by atoms with Gasteiger partial charge in [0.2, 0.25) is 23.6 Å². The number of alkyl halides is 2. The van der Waals surface area contributed by atoms with Gasteiger partial charge in [-0.25, -0.2) is 13.6 Å². The molecule has 1 unspecified atom stereocenters. The quantitative estimate of drug-likeness (QED) is 0.102. The minimum Gasteiger partial charge on any atom is -0.404 e. The lowest BCUT2D eigenvalue weighted by atomic mass is 9.91. The summed E-state index contributed by atoms with van der Waals surface area (Å²) in [6.07, 6.45) is 3.75. The van der Waals surface area contributed by atoms with E-state index < -0.39 is 18.4 Å². The number of imidazole rings is 1. The Hall–Kier alpha value is -6.65. The molecule has 0 saturated carbocycles. The number of rotatable bonds is 10. The van der Waals surface area contributed by atoms with Crippen LogP contribution in [0.3, 0.4) is 0 Å². The molecule has 0 spiro atoms. The fraction of sp³-hybridized carbons (Fsp3) is 0.490. The van der Waals surface area contributed by atoms with Crippen molar-refractivity contribution in [3.63, 3.8) is 0 Å². The van der Waals surface area contributed by atoms with E-state index in [0.29, 0.717) is 92.0 Å². The van der Waals surface area contributed by atoms with Gasteiger partial charge in [0.1, 0.15) is 11.9 Å². The number of carbonyl (C=O) groups excluding carboxylic acids is 4. The maximum absolute atomic E-state index is 14.6. The van der Waals surface area contributed by atoms with Gasteiger partial charge in [0, 0.05) is 138 Å². The molecule has 0 radical (unpaired) electrons. The van der Waals surface area contributed by atoms with Gasteiger partial charge < -0.3 is 25.8 Å². The van der Waals surface area contributed by atoms with Gasteiger partial charge in [-0.05, 0) is 73.6 Å². The first-order valence-corrected chi connectivity index (χ1v) is 23.4. The van der Waals surface area contributed by atoms with Gasteiger partial charge in [-0.2, -0.15) is 0 Å². The lowest BCUT2D eigenvalue weighted by molar-refractivity contribution is -0.136. The van der Waals surface area contributed by atoms with Crippen LogP contribution in [0.1, 0.15) is 80.2 Å². The number of imide groups is 1. The van der Waals surface area contributed by atoms with Gasteiger partial charge >= 0.3 is 5.69 Å². The number of allylic oxidation sites excluding steroid dienone is 1. The smallest absolute Gasteiger partial charge is 0.329 e. The average molecular weight is 935 g/mol. The molecule has 1 atom stereocenters. The number of halogens is 2. The average Bonchev–Trinajstić information content (AvgIpc) is 3.58. The zero-order valence-corrected chi connectivity index (χ0v) is 39.0. The molecule has 0 bridgehead atoms. The maximum atomic E-state index is 14.6. The molecule has 3 saturated heterocycles. The van der Waals surface area contributed by atoms with E-state index in [0.717, 1.165) is 55.8 Å². The highest BCUT2D eigenvalue weighted by molar-refractivity contribution is 6.12. The number of carbonyl (C=O) groups is 4. The number of amides is 4. The number of aliphatic imine (C=N–C) groups is 1. The topological polar surface area (TPSA) is 198 Å². The van der Waals surface area contributed by atoms with E-state index in [1.54, 1.807) is 36.0 Å². The minimum absolute atomic E-state index is 0.0569. The second-order valence-corrected chi connectivity index (χ2v) is 18.2. The van der Waals surface area contributed by atoms with Crippen LogP contribution in [0.25, 0.3) is 16.6 Å². The highest BCUT2D eigenvalue weighted by atomic mass is 19.3. The summed E-state index contributed by atoms with van der Waals surface area (Å²) in [5.74, 6) is 5.85. The Bertz CT molecular complexity index is 2710. The van der Waals surface area contributed by atoms with Crippen molar-refractivity contribution in [2.24, 2.45) is 17.8 Å². The van der Waals surface area contributed by atoms with E-state index in [1.807, 2.05) is 17.0 Å². The van der Waals surface area contributed by atoms with Crippen molar-refractivity contribution in [3.05, 3.63) is 80.5 Å². The van der Waals surface area contributed by atoms with E-state index in [-0.39, 0.29) is 60.2 Å². The largest absolute Gasteiger partial charge is 0.404 e. The number of aryl methyl sites for hydroxylation is 2. The molecule has 2 aromatic carbocycles. The molecule has 68 heavy (non-hydrogen) atoms. The molecule has 5 aliphatic heterocycles. The molecule has 5 aliphatic rings. The van der Waals surface area contributed by atoms with Crippen molar-refractivity contribution >= 4 is 58.0 Å². The van der Waals surface area contributed by atoms with Crippen molar-refractivity contribution in [2.45, 2.75) is 70.4 Å². The van der Waals surface area contributed by atoms with Crippen LogP contribution in [0.15, 0.2) is 57.6 Å². The van der Waals surface area contributed by atoms with E-state index in [2.05, 4.69) is 37.3 Å². The third kappa shape index (κ3) is 10.1. The number of fused-ring (bicyclic) bond motifs is 2. The molecule has 0 aliphatic carbocycles. The number of anilines is 1. The molecule has 1 aromatic heterocycles. The Morgan fingerprint density at radius 1 is 0.956 bits per heavy atom. The second kappa shape index (κ2) is 20.7. The molecule has 6 heterocycles. The summed E-state index contributed by atoms with van der Waals surface area (Å²) in [4.78, 5) is 77.4. The fourth-order valence-electron chi connectivity index (χ4n) is 10.1. The number of piperazine rings is 1. The first kappa shape index (κ1) is 47.8. The number of likely N-dealkylation sites (tertiary alicyclic amines) is 1. The van der Waals surface area contributed by atoms with Crippen molar-refractivity contribution in [1.82, 2.24) is 39.4 Å². The van der Waals surface area contributed by atoms with Gasteiger partial charge in [-0.1, -0.05) is 11.8 Å². The van der Waals surface area contributed by atoms with E-state index in [9.17, 15) is 38.2 Å². The zero-order valence-electron chi connectivity index (χ0n) is 39.0. The summed E-state index contributed by atoms with van der Waals surface area (Å²) in [7, 11) is 3.22. The summed E-state index contributed by atoms with van der Waals surface area (Å²) in [5, 5.41) is 15.6. The molecule has 4 amide bonds. The molecule has 17 nitrogen and oxygen atoms in total. The Kier molecular flexibility index (Phi) is 14.6. The molecule has 3 fully saturated rings. The number of hydrogen-bond donors (Lipinski definition) is 4. The Morgan fingerprint density at radius 3 is 2.40 bits per heavy atom. The summed E-state index contributed by atoms with van der Waals surface area (Å²) >= 11 is 0. The molecular formula is C49H60F2N12O5. The molecule has 360 valence electrons. The predicted molar refractivity (Wildman–Crippen MR) is 256 cm³/mol. The van der Waals surface area contributed by atoms with Crippen LogP contribution in [0.2, 0.25) is 0 Å². The van der Waals surface area contributed by atoms with Crippen LogP contribution in [0, 0.1) is 17.3 Å². The first-order chi connectivity index (χ1) is 32.7. The second-order valence-electron chi connectivity index (χ2n) is 18.2. The summed E-state index contributed by atoms with van der Waals surface area (Å²) in [6.45, 7) is 7.79. The zero-order chi connectivity index (χ0) is 48.2. The number of amidine groups is 1. The fourth-order valence-corrected chi connectivity index (χ4v) is 10.1. The van der Waals surface area contributed by atoms with E-state index in [4.69, 9.17) is 5.73 Å². The van der Waals surface area contributed by atoms with Crippen LogP contribution < -0.4 is 27.0 Å². The Morgan fingerprint density at radius 2 is 1.71 bits per heavy atom. The van der Waals surface area contributed by atoms with Gasteiger partial charge in [-0.15, -0.1) is 0 Å². The number of nitrogens with two attached hydrogens (primary N) is 1.